The van der Waals surface area contributed by atoms with Gasteiger partial charge < -0.3 is 5.11 Å². The predicted octanol–water partition coefficient (Wildman–Crippen LogP) is 3.17. The molecule has 3 nitrogen and oxygen atoms in total. The molecule has 1 saturated heterocycles. The zero-order chi connectivity index (χ0) is 14.5. The lowest BCUT2D eigenvalue weighted by Gasteiger charge is -2.26. The Morgan fingerprint density at radius 3 is 2.67 bits per heavy atom. The fraction of sp³-hybridized carbons (Fsp3) is 0.389. The van der Waals surface area contributed by atoms with E-state index in [0.717, 1.165) is 25.1 Å². The largest absolute Gasteiger partial charge is 0.388 e. The van der Waals surface area contributed by atoms with E-state index in [-0.39, 0.29) is 6.10 Å². The first-order valence-electron chi connectivity index (χ1n) is 7.69. The average molecular weight is 282 g/mol. The highest BCUT2D eigenvalue weighted by atomic mass is 16.3. The second-order valence-corrected chi connectivity index (χ2v) is 5.78. The minimum atomic E-state index is -0.366. The Labute approximate surface area is 126 Å². The van der Waals surface area contributed by atoms with Gasteiger partial charge in [-0.3, -0.25) is 9.88 Å². The maximum Gasteiger partial charge on any atom is 0.0805 e. The molecule has 1 N–H and O–H groups in total. The van der Waals surface area contributed by atoms with Crippen molar-refractivity contribution < 1.29 is 5.11 Å². The molecule has 0 unspecified atom stereocenters. The van der Waals surface area contributed by atoms with Gasteiger partial charge in [-0.2, -0.15) is 0 Å². The maximum atomic E-state index is 10.4. The van der Waals surface area contributed by atoms with Crippen molar-refractivity contribution in [3.63, 3.8) is 0 Å². The van der Waals surface area contributed by atoms with Crippen LogP contribution in [0.25, 0.3) is 0 Å². The van der Waals surface area contributed by atoms with Gasteiger partial charge in [0.2, 0.25) is 0 Å². The lowest BCUT2D eigenvalue weighted by molar-refractivity contribution is 0.118. The monoisotopic (exact) mass is 282 g/mol. The van der Waals surface area contributed by atoms with Crippen molar-refractivity contribution in [3.05, 3.63) is 66.0 Å². The first-order chi connectivity index (χ1) is 10.3. The summed E-state index contributed by atoms with van der Waals surface area (Å²) in [6.07, 6.45) is 6.54. The van der Waals surface area contributed by atoms with Gasteiger partial charge in [-0.25, -0.2) is 0 Å². The van der Waals surface area contributed by atoms with E-state index in [2.05, 4.69) is 22.0 Å². The van der Waals surface area contributed by atoms with Gasteiger partial charge in [-0.05, 0) is 49.1 Å². The van der Waals surface area contributed by atoms with E-state index < -0.39 is 0 Å². The molecule has 1 fully saturated rings. The first-order valence-corrected chi connectivity index (χ1v) is 7.69. The number of rotatable bonds is 5. The fourth-order valence-corrected chi connectivity index (χ4v) is 3.16. The number of pyridine rings is 1. The highest BCUT2D eigenvalue weighted by molar-refractivity contribution is 5.17. The van der Waals surface area contributed by atoms with Gasteiger partial charge in [0.05, 0.1) is 6.10 Å². The zero-order valence-corrected chi connectivity index (χ0v) is 12.2. The molecule has 0 spiro atoms. The summed E-state index contributed by atoms with van der Waals surface area (Å²) in [6.45, 7) is 2.07. The maximum absolute atomic E-state index is 10.4. The van der Waals surface area contributed by atoms with Crippen molar-refractivity contribution in [2.75, 3.05) is 6.54 Å². The normalized spacial score (nSPS) is 20.5. The van der Waals surface area contributed by atoms with Crippen molar-refractivity contribution in [2.24, 2.45) is 0 Å². The SMILES string of the molecule is O[C@H](C[C@H]1CCCN1Cc1ccncc1)c1ccccc1. The fourth-order valence-electron chi connectivity index (χ4n) is 3.16. The third-order valence-electron chi connectivity index (χ3n) is 4.31. The van der Waals surface area contributed by atoms with Gasteiger partial charge in [0.25, 0.3) is 0 Å². The third-order valence-corrected chi connectivity index (χ3v) is 4.31. The average Bonchev–Trinajstić information content (AvgIpc) is 2.96. The Morgan fingerprint density at radius 2 is 1.90 bits per heavy atom. The highest BCUT2D eigenvalue weighted by Gasteiger charge is 2.27. The minimum Gasteiger partial charge on any atom is -0.388 e. The smallest absolute Gasteiger partial charge is 0.0805 e. The summed E-state index contributed by atoms with van der Waals surface area (Å²) in [7, 11) is 0. The Balaban J connectivity index is 1.62. The van der Waals surface area contributed by atoms with E-state index >= 15 is 0 Å². The van der Waals surface area contributed by atoms with Crippen LogP contribution in [-0.2, 0) is 6.54 Å². The number of likely N-dealkylation sites (tertiary alicyclic amines) is 1. The topological polar surface area (TPSA) is 36.4 Å². The van der Waals surface area contributed by atoms with Crippen LogP contribution in [0.2, 0.25) is 0 Å². The summed E-state index contributed by atoms with van der Waals surface area (Å²) >= 11 is 0. The molecule has 3 heteroatoms. The van der Waals surface area contributed by atoms with Crippen LogP contribution in [0.5, 0.6) is 0 Å². The standard InChI is InChI=1S/C18H22N2O/c21-18(16-5-2-1-3-6-16)13-17-7-4-12-20(17)14-15-8-10-19-11-9-15/h1-3,5-6,8-11,17-18,21H,4,7,12-14H2/t17-,18-/m1/s1. The number of nitrogens with zero attached hydrogens (tertiary/aromatic N) is 2. The third kappa shape index (κ3) is 3.69. The van der Waals surface area contributed by atoms with Crippen LogP contribution < -0.4 is 0 Å². The number of benzene rings is 1. The summed E-state index contributed by atoms with van der Waals surface area (Å²) in [5.41, 5.74) is 2.32. The molecule has 0 saturated carbocycles. The van der Waals surface area contributed by atoms with Crippen molar-refractivity contribution in [1.29, 1.82) is 0 Å². The van der Waals surface area contributed by atoms with Crippen LogP contribution in [0.1, 0.15) is 36.5 Å². The molecule has 21 heavy (non-hydrogen) atoms. The molecule has 0 amide bonds. The zero-order valence-electron chi connectivity index (χ0n) is 12.2. The Bertz CT molecular complexity index is 544. The van der Waals surface area contributed by atoms with Gasteiger partial charge in [0.1, 0.15) is 0 Å². The quantitative estimate of drug-likeness (QED) is 0.915. The summed E-state index contributed by atoms with van der Waals surface area (Å²) < 4.78 is 0. The number of hydrogen-bond donors (Lipinski definition) is 1. The van der Waals surface area contributed by atoms with E-state index in [1.165, 1.54) is 18.4 Å². The number of aromatic nitrogens is 1. The van der Waals surface area contributed by atoms with Crippen LogP contribution in [0, 0.1) is 0 Å². The van der Waals surface area contributed by atoms with Crippen molar-refractivity contribution in [2.45, 2.75) is 38.0 Å². The Hall–Kier alpha value is -1.71. The van der Waals surface area contributed by atoms with Crippen LogP contribution in [0.3, 0.4) is 0 Å². The second-order valence-electron chi connectivity index (χ2n) is 5.78. The molecule has 2 atom stereocenters. The molecule has 1 aliphatic heterocycles. The summed E-state index contributed by atoms with van der Waals surface area (Å²) in [6, 6.07) is 14.6. The van der Waals surface area contributed by atoms with Crippen LogP contribution in [0.15, 0.2) is 54.9 Å². The van der Waals surface area contributed by atoms with E-state index in [0.29, 0.717) is 6.04 Å². The molecule has 2 heterocycles. The molecule has 0 radical (unpaired) electrons. The van der Waals surface area contributed by atoms with Crippen molar-refractivity contribution in [3.8, 4) is 0 Å². The molecule has 0 aliphatic carbocycles. The number of aliphatic hydroxyl groups excluding tert-OH is 1. The first kappa shape index (κ1) is 14.2. The Kier molecular flexibility index (Phi) is 4.63. The summed E-state index contributed by atoms with van der Waals surface area (Å²) in [5.74, 6) is 0. The molecule has 1 aliphatic rings. The van der Waals surface area contributed by atoms with Gasteiger partial charge >= 0.3 is 0 Å². The molecule has 0 bridgehead atoms. The van der Waals surface area contributed by atoms with Gasteiger partial charge in [-0.15, -0.1) is 0 Å². The molecular formula is C18H22N2O. The predicted molar refractivity (Wildman–Crippen MR) is 83.7 cm³/mol. The molecule has 2 aromatic rings. The lowest BCUT2D eigenvalue weighted by Crippen LogP contribution is -2.30. The minimum absolute atomic E-state index is 0.366. The van der Waals surface area contributed by atoms with E-state index in [4.69, 9.17) is 0 Å². The van der Waals surface area contributed by atoms with Gasteiger partial charge in [-0.1, -0.05) is 30.3 Å². The molecule has 1 aromatic carbocycles. The van der Waals surface area contributed by atoms with Crippen LogP contribution in [-0.4, -0.2) is 27.6 Å². The van der Waals surface area contributed by atoms with Crippen molar-refractivity contribution in [1.82, 2.24) is 9.88 Å². The van der Waals surface area contributed by atoms with E-state index in [1.807, 2.05) is 42.7 Å². The number of hydrogen-bond acceptors (Lipinski definition) is 3. The van der Waals surface area contributed by atoms with Gasteiger partial charge in [0, 0.05) is 25.0 Å². The summed E-state index contributed by atoms with van der Waals surface area (Å²) in [5, 5.41) is 10.4. The van der Waals surface area contributed by atoms with Crippen molar-refractivity contribution >= 4 is 0 Å². The second kappa shape index (κ2) is 6.83. The van der Waals surface area contributed by atoms with E-state index in [1.54, 1.807) is 0 Å². The highest BCUT2D eigenvalue weighted by Crippen LogP contribution is 2.28. The number of aliphatic hydroxyl groups is 1. The van der Waals surface area contributed by atoms with E-state index in [9.17, 15) is 5.11 Å². The van der Waals surface area contributed by atoms with Crippen LogP contribution >= 0.6 is 0 Å². The molecule has 110 valence electrons. The lowest BCUT2D eigenvalue weighted by atomic mass is 10.0. The Morgan fingerprint density at radius 1 is 1.14 bits per heavy atom. The van der Waals surface area contributed by atoms with Crippen LogP contribution in [0.4, 0.5) is 0 Å². The molecule has 3 rings (SSSR count). The molecular weight excluding hydrogens is 260 g/mol. The molecule has 1 aromatic heterocycles. The van der Waals surface area contributed by atoms with Gasteiger partial charge in [0.15, 0.2) is 0 Å². The summed E-state index contributed by atoms with van der Waals surface area (Å²) in [4.78, 5) is 6.56.